The first-order valence-electron chi connectivity index (χ1n) is 3.99. The molecule has 0 heterocycles. The van der Waals surface area contributed by atoms with Crippen molar-refractivity contribution >= 4 is 0 Å². The Morgan fingerprint density at radius 1 is 1.50 bits per heavy atom. The fraction of sp³-hybridized carbons (Fsp3) is 0.455. The fourth-order valence-electron chi connectivity index (χ4n) is 0.604. The highest BCUT2D eigenvalue weighted by molar-refractivity contribution is 5.30. The molecule has 0 spiro atoms. The minimum atomic E-state index is 0.439. The quantitative estimate of drug-likeness (QED) is 0.354. The molecule has 0 bridgehead atoms. The molecule has 66 valence electrons. The van der Waals surface area contributed by atoms with Crippen molar-refractivity contribution in [3.8, 4) is 11.8 Å². The molecule has 0 aromatic heterocycles. The minimum absolute atomic E-state index is 0.439. The van der Waals surface area contributed by atoms with Gasteiger partial charge < -0.3 is 4.74 Å². The smallest absolute Gasteiger partial charge is 0.169 e. The highest BCUT2D eigenvalue weighted by atomic mass is 16.5. The molecule has 0 rings (SSSR count). The van der Waals surface area contributed by atoms with Gasteiger partial charge in [0.2, 0.25) is 0 Å². The molecule has 0 saturated carbocycles. The summed E-state index contributed by atoms with van der Waals surface area (Å²) in [5, 5.41) is 0. The second kappa shape index (κ2) is 5.49. The third kappa shape index (κ3) is 3.88. The lowest BCUT2D eigenvalue weighted by Crippen LogP contribution is -1.91. The molecule has 0 atom stereocenters. The van der Waals surface area contributed by atoms with E-state index in [1.807, 2.05) is 6.08 Å². The zero-order valence-electron chi connectivity index (χ0n) is 8.27. The van der Waals surface area contributed by atoms with E-state index >= 15 is 0 Å². The van der Waals surface area contributed by atoms with Gasteiger partial charge in [0.25, 0.3) is 0 Å². The third-order valence-electron chi connectivity index (χ3n) is 1.53. The summed E-state index contributed by atoms with van der Waals surface area (Å²) in [6, 6.07) is 0. The molecule has 0 aromatic carbocycles. The van der Waals surface area contributed by atoms with Gasteiger partial charge in [-0.2, -0.15) is 0 Å². The molecule has 12 heavy (non-hydrogen) atoms. The lowest BCUT2D eigenvalue weighted by atomic mass is 10.0. The fourth-order valence-corrected chi connectivity index (χ4v) is 0.604. The molecular weight excluding hydrogens is 148 g/mol. The van der Waals surface area contributed by atoms with Gasteiger partial charge in [0.1, 0.15) is 0 Å². The lowest BCUT2D eigenvalue weighted by Gasteiger charge is -2.04. The van der Waals surface area contributed by atoms with Crippen molar-refractivity contribution in [3.63, 3.8) is 0 Å². The van der Waals surface area contributed by atoms with Crippen LogP contribution < -0.4 is 0 Å². The van der Waals surface area contributed by atoms with Gasteiger partial charge in [0.05, 0.1) is 7.11 Å². The van der Waals surface area contributed by atoms with Crippen molar-refractivity contribution in [1.82, 2.24) is 0 Å². The predicted molar refractivity (Wildman–Crippen MR) is 52.5 cm³/mol. The van der Waals surface area contributed by atoms with Crippen molar-refractivity contribution in [2.24, 2.45) is 5.92 Å². The molecular formula is C11H16O. The maximum Gasteiger partial charge on any atom is 0.169 e. The molecule has 0 radical (unpaired) electrons. The van der Waals surface area contributed by atoms with Crippen molar-refractivity contribution in [1.29, 1.82) is 0 Å². The summed E-state index contributed by atoms with van der Waals surface area (Å²) >= 11 is 0. The first-order valence-corrected chi connectivity index (χ1v) is 3.99. The lowest BCUT2D eigenvalue weighted by molar-refractivity contribution is 0.310. The van der Waals surface area contributed by atoms with Crippen molar-refractivity contribution in [3.05, 3.63) is 24.0 Å². The SMILES string of the molecule is C=C(C=C(C#CC)OC)C(C)C. The van der Waals surface area contributed by atoms with Crippen LogP contribution in [0.3, 0.4) is 0 Å². The Kier molecular flexibility index (Phi) is 4.96. The first kappa shape index (κ1) is 10.8. The summed E-state index contributed by atoms with van der Waals surface area (Å²) in [6.07, 6.45) is 1.88. The summed E-state index contributed by atoms with van der Waals surface area (Å²) < 4.78 is 5.04. The summed E-state index contributed by atoms with van der Waals surface area (Å²) in [5.41, 5.74) is 1.04. The van der Waals surface area contributed by atoms with Crippen molar-refractivity contribution in [2.75, 3.05) is 7.11 Å². The average molecular weight is 164 g/mol. The maximum absolute atomic E-state index is 5.04. The Labute approximate surface area is 75.1 Å². The second-order valence-corrected chi connectivity index (χ2v) is 2.82. The predicted octanol–water partition coefficient (Wildman–Crippen LogP) is 2.75. The van der Waals surface area contributed by atoms with Crippen molar-refractivity contribution in [2.45, 2.75) is 20.8 Å². The highest BCUT2D eigenvalue weighted by Gasteiger charge is 1.97. The van der Waals surface area contributed by atoms with Gasteiger partial charge in [0, 0.05) is 0 Å². The summed E-state index contributed by atoms with van der Waals surface area (Å²) in [7, 11) is 1.61. The van der Waals surface area contributed by atoms with Crippen LogP contribution in [0.2, 0.25) is 0 Å². The number of hydrogen-bond donors (Lipinski definition) is 0. The largest absolute Gasteiger partial charge is 0.489 e. The number of ether oxygens (including phenoxy) is 1. The minimum Gasteiger partial charge on any atom is -0.489 e. The van der Waals surface area contributed by atoms with Crippen LogP contribution in [0.15, 0.2) is 24.0 Å². The van der Waals surface area contributed by atoms with E-state index < -0.39 is 0 Å². The van der Waals surface area contributed by atoms with E-state index in [0.717, 1.165) is 5.57 Å². The van der Waals surface area contributed by atoms with Crippen LogP contribution in [0.4, 0.5) is 0 Å². The van der Waals surface area contributed by atoms with E-state index in [9.17, 15) is 0 Å². The van der Waals surface area contributed by atoms with Crippen LogP contribution in [0.5, 0.6) is 0 Å². The molecule has 0 aliphatic heterocycles. The molecule has 0 unspecified atom stereocenters. The third-order valence-corrected chi connectivity index (χ3v) is 1.53. The van der Waals surface area contributed by atoms with E-state index in [2.05, 4.69) is 32.3 Å². The van der Waals surface area contributed by atoms with Crippen LogP contribution in [-0.4, -0.2) is 7.11 Å². The molecule has 1 nitrogen and oxygen atoms in total. The Morgan fingerprint density at radius 2 is 2.08 bits per heavy atom. The van der Waals surface area contributed by atoms with Gasteiger partial charge in [-0.1, -0.05) is 26.3 Å². The van der Waals surface area contributed by atoms with Crippen LogP contribution in [-0.2, 0) is 4.74 Å². The van der Waals surface area contributed by atoms with Gasteiger partial charge in [-0.15, -0.1) is 0 Å². The van der Waals surface area contributed by atoms with Gasteiger partial charge in [-0.3, -0.25) is 0 Å². The molecule has 1 heteroatoms. The molecule has 0 N–H and O–H groups in total. The monoisotopic (exact) mass is 164 g/mol. The first-order chi connectivity index (χ1) is 5.61. The van der Waals surface area contributed by atoms with E-state index in [0.29, 0.717) is 11.7 Å². The number of methoxy groups -OCH3 is 1. The average Bonchev–Trinajstić information content (AvgIpc) is 2.03. The second-order valence-electron chi connectivity index (χ2n) is 2.82. The van der Waals surface area contributed by atoms with Gasteiger partial charge >= 0.3 is 0 Å². The molecule has 0 aliphatic rings. The Morgan fingerprint density at radius 3 is 2.42 bits per heavy atom. The van der Waals surface area contributed by atoms with E-state index in [1.54, 1.807) is 14.0 Å². The van der Waals surface area contributed by atoms with Crippen LogP contribution in [0.25, 0.3) is 0 Å². The molecule has 0 aromatic rings. The van der Waals surface area contributed by atoms with Crippen molar-refractivity contribution < 1.29 is 4.74 Å². The highest BCUT2D eigenvalue weighted by Crippen LogP contribution is 2.10. The molecule has 0 aliphatic carbocycles. The van der Waals surface area contributed by atoms with Crippen LogP contribution >= 0.6 is 0 Å². The molecule has 0 amide bonds. The summed E-state index contributed by atoms with van der Waals surface area (Å²) in [5.74, 6) is 6.74. The Hall–Kier alpha value is -1.16. The number of rotatable bonds is 3. The standard InChI is InChI=1S/C11H16O/c1-6-7-11(12-5)8-10(4)9(2)3/h8-9H,4H2,1-3,5H3. The van der Waals surface area contributed by atoms with Crippen LogP contribution in [0, 0.1) is 17.8 Å². The van der Waals surface area contributed by atoms with Crippen LogP contribution in [0.1, 0.15) is 20.8 Å². The zero-order chi connectivity index (χ0) is 9.56. The normalized spacial score (nSPS) is 10.6. The van der Waals surface area contributed by atoms with E-state index in [-0.39, 0.29) is 0 Å². The van der Waals surface area contributed by atoms with E-state index in [4.69, 9.17) is 4.74 Å². The summed E-state index contributed by atoms with van der Waals surface area (Å²) in [4.78, 5) is 0. The Balaban J connectivity index is 4.45. The van der Waals surface area contributed by atoms with Gasteiger partial charge in [-0.05, 0) is 30.4 Å². The van der Waals surface area contributed by atoms with Gasteiger partial charge in [-0.25, -0.2) is 0 Å². The zero-order valence-corrected chi connectivity index (χ0v) is 8.27. The van der Waals surface area contributed by atoms with E-state index in [1.165, 1.54) is 0 Å². The molecule has 0 saturated heterocycles. The molecule has 0 fully saturated rings. The Bertz CT molecular complexity index is 235. The van der Waals surface area contributed by atoms with Gasteiger partial charge in [0.15, 0.2) is 5.76 Å². The topological polar surface area (TPSA) is 9.23 Å². The number of hydrogen-bond acceptors (Lipinski definition) is 1. The number of allylic oxidation sites excluding steroid dienone is 3. The summed E-state index contributed by atoms with van der Waals surface area (Å²) in [6.45, 7) is 9.86. The maximum atomic E-state index is 5.04.